The van der Waals surface area contributed by atoms with Gasteiger partial charge in [-0.1, -0.05) is 0 Å². The molecule has 0 saturated carbocycles. The highest BCUT2D eigenvalue weighted by atomic mass is 32.2. The van der Waals surface area contributed by atoms with Crippen LogP contribution < -0.4 is 11.1 Å². The number of rotatable bonds is 3. The van der Waals surface area contributed by atoms with E-state index in [4.69, 9.17) is 5.73 Å². The Morgan fingerprint density at radius 3 is 2.57 bits per heavy atom. The van der Waals surface area contributed by atoms with Gasteiger partial charge in [0.25, 0.3) is 0 Å². The van der Waals surface area contributed by atoms with E-state index in [-0.39, 0.29) is 0 Å². The van der Waals surface area contributed by atoms with Gasteiger partial charge in [-0.2, -0.15) is 24.9 Å². The van der Waals surface area contributed by atoms with E-state index in [1.165, 1.54) is 11.8 Å². The molecule has 0 bridgehead atoms. The predicted octanol–water partition coefficient (Wildman–Crippen LogP) is 0.499. The number of nitrogens with two attached hydrogens (primary N) is 1. The lowest BCUT2D eigenvalue weighted by atomic mass is 9.98. The highest BCUT2D eigenvalue weighted by molar-refractivity contribution is 7.99. The van der Waals surface area contributed by atoms with Crippen LogP contribution in [0, 0.1) is 0 Å². The highest BCUT2D eigenvalue weighted by Gasteiger charge is 2.42. The molecule has 1 fully saturated rings. The molecule has 0 radical (unpaired) electrons. The number of primary amides is 1. The number of alkyl halides is 3. The Bertz CT molecular complexity index is 225. The summed E-state index contributed by atoms with van der Waals surface area (Å²) in [7, 11) is 0. The first kappa shape index (κ1) is 11.6. The molecule has 1 aliphatic rings. The lowest BCUT2D eigenvalue weighted by Gasteiger charge is -2.26. The molecule has 1 atom stereocenters. The first-order valence-electron chi connectivity index (χ1n) is 4.05. The average Bonchev–Trinajstić information content (AvgIpc) is 2.48. The third-order valence-electron chi connectivity index (χ3n) is 2.12. The summed E-state index contributed by atoms with van der Waals surface area (Å²) in [5.74, 6) is 0.276. The molecule has 1 heterocycles. The van der Waals surface area contributed by atoms with Crippen molar-refractivity contribution in [3.63, 3.8) is 0 Å². The van der Waals surface area contributed by atoms with Gasteiger partial charge in [-0.15, -0.1) is 0 Å². The fraction of sp³-hybridized carbons (Fsp3) is 0.857. The van der Waals surface area contributed by atoms with Crippen LogP contribution in [0.1, 0.15) is 6.42 Å². The Morgan fingerprint density at radius 1 is 1.57 bits per heavy atom. The number of amides is 1. The fourth-order valence-corrected chi connectivity index (χ4v) is 2.63. The summed E-state index contributed by atoms with van der Waals surface area (Å²) in [5, 5.41) is 2.21. The van der Waals surface area contributed by atoms with Crippen molar-refractivity contribution < 1.29 is 18.0 Å². The van der Waals surface area contributed by atoms with Gasteiger partial charge >= 0.3 is 6.18 Å². The number of thioether (sulfide) groups is 1. The van der Waals surface area contributed by atoms with E-state index in [9.17, 15) is 18.0 Å². The van der Waals surface area contributed by atoms with Crippen molar-refractivity contribution in [2.45, 2.75) is 18.1 Å². The van der Waals surface area contributed by atoms with Crippen molar-refractivity contribution in [3.8, 4) is 0 Å². The fourth-order valence-electron chi connectivity index (χ4n) is 1.26. The van der Waals surface area contributed by atoms with Crippen LogP contribution in [0.5, 0.6) is 0 Å². The van der Waals surface area contributed by atoms with Crippen molar-refractivity contribution in [2.75, 3.05) is 18.1 Å². The van der Waals surface area contributed by atoms with Gasteiger partial charge in [0.05, 0.1) is 6.54 Å². The van der Waals surface area contributed by atoms with E-state index in [1.807, 2.05) is 0 Å². The zero-order valence-corrected chi connectivity index (χ0v) is 8.17. The maximum absolute atomic E-state index is 11.9. The van der Waals surface area contributed by atoms with Crippen LogP contribution in [-0.2, 0) is 4.79 Å². The molecule has 1 unspecified atom stereocenters. The molecule has 82 valence electrons. The first-order valence-corrected chi connectivity index (χ1v) is 5.21. The van der Waals surface area contributed by atoms with E-state index in [2.05, 4.69) is 5.32 Å². The van der Waals surface area contributed by atoms with Crippen molar-refractivity contribution in [3.05, 3.63) is 0 Å². The zero-order chi connectivity index (χ0) is 10.8. The summed E-state index contributed by atoms with van der Waals surface area (Å²) in [5.41, 5.74) is 3.91. The van der Waals surface area contributed by atoms with Crippen LogP contribution in [-0.4, -0.2) is 35.7 Å². The number of carbonyl (C=O) groups is 1. The van der Waals surface area contributed by atoms with E-state index < -0.39 is 24.2 Å². The molecule has 1 amide bonds. The topological polar surface area (TPSA) is 55.1 Å². The Morgan fingerprint density at radius 2 is 2.21 bits per heavy atom. The summed E-state index contributed by atoms with van der Waals surface area (Å²) in [6.07, 6.45) is -3.95. The molecular formula is C7H11F3N2OS. The molecule has 1 aliphatic heterocycles. The Hall–Kier alpha value is -0.430. The molecule has 0 spiro atoms. The van der Waals surface area contributed by atoms with Crippen molar-refractivity contribution in [2.24, 2.45) is 5.73 Å². The monoisotopic (exact) mass is 228 g/mol. The Labute approximate surface area is 83.6 Å². The van der Waals surface area contributed by atoms with E-state index >= 15 is 0 Å². The molecule has 1 saturated heterocycles. The Kier molecular flexibility index (Phi) is 3.31. The standard InChI is InChI=1S/C7H11F3N2OS/c8-7(9,10)3-12-6(5(11)13)1-2-14-4-6/h12H,1-4H2,(H2,11,13). The SMILES string of the molecule is NC(=O)C1(NCC(F)(F)F)CCSC1. The van der Waals surface area contributed by atoms with E-state index in [0.29, 0.717) is 17.9 Å². The second kappa shape index (κ2) is 3.98. The van der Waals surface area contributed by atoms with Crippen molar-refractivity contribution in [1.82, 2.24) is 5.32 Å². The third kappa shape index (κ3) is 2.78. The minimum Gasteiger partial charge on any atom is -0.368 e. The molecule has 0 aromatic carbocycles. The lowest BCUT2D eigenvalue weighted by molar-refractivity contribution is -0.134. The van der Waals surface area contributed by atoms with E-state index in [0.717, 1.165) is 0 Å². The minimum absolute atomic E-state index is 0.318. The van der Waals surface area contributed by atoms with Gasteiger partial charge in [-0.3, -0.25) is 10.1 Å². The first-order chi connectivity index (χ1) is 6.36. The summed E-state index contributed by atoms with van der Waals surface area (Å²) in [6, 6.07) is 0. The second-order valence-electron chi connectivity index (χ2n) is 3.22. The number of hydrogen-bond donors (Lipinski definition) is 2. The van der Waals surface area contributed by atoms with E-state index in [1.54, 1.807) is 0 Å². The molecule has 7 heteroatoms. The van der Waals surface area contributed by atoms with Crippen LogP contribution in [0.15, 0.2) is 0 Å². The normalized spacial score (nSPS) is 27.9. The summed E-state index contributed by atoms with van der Waals surface area (Å²) in [6.45, 7) is -1.17. The summed E-state index contributed by atoms with van der Waals surface area (Å²) < 4.78 is 35.8. The van der Waals surface area contributed by atoms with Gasteiger partial charge in [0.2, 0.25) is 5.91 Å². The molecule has 3 nitrogen and oxygen atoms in total. The maximum Gasteiger partial charge on any atom is 0.401 e. The van der Waals surface area contributed by atoms with Crippen molar-refractivity contribution >= 4 is 17.7 Å². The lowest BCUT2D eigenvalue weighted by Crippen LogP contribution is -2.57. The summed E-state index contributed by atoms with van der Waals surface area (Å²) >= 11 is 1.43. The minimum atomic E-state index is -4.31. The largest absolute Gasteiger partial charge is 0.401 e. The summed E-state index contributed by atoms with van der Waals surface area (Å²) in [4.78, 5) is 11.0. The molecule has 14 heavy (non-hydrogen) atoms. The van der Waals surface area contributed by atoms with Crippen LogP contribution >= 0.6 is 11.8 Å². The average molecular weight is 228 g/mol. The quantitative estimate of drug-likeness (QED) is 0.739. The second-order valence-corrected chi connectivity index (χ2v) is 4.32. The highest BCUT2D eigenvalue weighted by Crippen LogP contribution is 2.28. The zero-order valence-electron chi connectivity index (χ0n) is 7.36. The van der Waals surface area contributed by atoms with Gasteiger partial charge in [0, 0.05) is 5.75 Å². The molecule has 0 aromatic heterocycles. The smallest absolute Gasteiger partial charge is 0.368 e. The van der Waals surface area contributed by atoms with Gasteiger partial charge in [-0.05, 0) is 12.2 Å². The number of carbonyl (C=O) groups excluding carboxylic acids is 1. The van der Waals surface area contributed by atoms with Gasteiger partial charge < -0.3 is 5.73 Å². The van der Waals surface area contributed by atoms with Crippen LogP contribution in [0.4, 0.5) is 13.2 Å². The number of nitrogens with one attached hydrogen (secondary N) is 1. The third-order valence-corrected chi connectivity index (χ3v) is 3.31. The van der Waals surface area contributed by atoms with Crippen LogP contribution in [0.25, 0.3) is 0 Å². The molecule has 0 aliphatic carbocycles. The number of hydrogen-bond acceptors (Lipinski definition) is 3. The Balaban J connectivity index is 2.57. The molecular weight excluding hydrogens is 217 g/mol. The predicted molar refractivity (Wildman–Crippen MR) is 47.9 cm³/mol. The molecule has 3 N–H and O–H groups in total. The van der Waals surface area contributed by atoms with Crippen molar-refractivity contribution in [1.29, 1.82) is 0 Å². The maximum atomic E-state index is 11.9. The van der Waals surface area contributed by atoms with Crippen LogP contribution in [0.2, 0.25) is 0 Å². The number of halogens is 3. The van der Waals surface area contributed by atoms with Gasteiger partial charge in [0.1, 0.15) is 5.54 Å². The molecule has 1 rings (SSSR count). The van der Waals surface area contributed by atoms with Gasteiger partial charge in [-0.25, -0.2) is 0 Å². The van der Waals surface area contributed by atoms with Gasteiger partial charge in [0.15, 0.2) is 0 Å². The van der Waals surface area contributed by atoms with Crippen LogP contribution in [0.3, 0.4) is 0 Å². The molecule has 0 aromatic rings.